The third-order valence-electron chi connectivity index (χ3n) is 2.71. The first-order valence-corrected chi connectivity index (χ1v) is 6.75. The van der Waals surface area contributed by atoms with Gasteiger partial charge in [0.2, 0.25) is 5.06 Å². The van der Waals surface area contributed by atoms with Gasteiger partial charge in [-0.3, -0.25) is 9.59 Å². The Kier molecular flexibility index (Phi) is 4.09. The Hall–Kier alpha value is -2.28. The molecule has 0 aromatic carbocycles. The third-order valence-corrected chi connectivity index (χ3v) is 3.62. The molecule has 0 aliphatic heterocycles. The van der Waals surface area contributed by atoms with E-state index in [1.54, 1.807) is 6.20 Å². The van der Waals surface area contributed by atoms with Crippen LogP contribution in [-0.2, 0) is 6.54 Å². The first kappa shape index (κ1) is 14.1. The van der Waals surface area contributed by atoms with Crippen LogP contribution < -0.4 is 15.6 Å². The third kappa shape index (κ3) is 2.83. The van der Waals surface area contributed by atoms with E-state index in [9.17, 15) is 14.7 Å². The molecule has 2 rings (SSSR count). The molecule has 2 aromatic rings. The zero-order chi connectivity index (χ0) is 14.7. The van der Waals surface area contributed by atoms with E-state index in [1.165, 1.54) is 29.9 Å². The second-order valence-corrected chi connectivity index (χ2v) is 5.01. The molecule has 0 unspecified atom stereocenters. The molecule has 1 amide bonds. The van der Waals surface area contributed by atoms with E-state index in [2.05, 4.69) is 5.32 Å². The standard InChI is InChI=1S/C13H14N2O4S/c1-3-15-7-8(4-5-11(15)16)14-12(17)10-6-9(19-2)13(18)20-10/h4-7,18H,3H2,1-2H3,(H,14,17). The van der Waals surface area contributed by atoms with Crippen molar-refractivity contribution < 1.29 is 14.6 Å². The van der Waals surface area contributed by atoms with E-state index >= 15 is 0 Å². The van der Waals surface area contributed by atoms with Crippen LogP contribution in [0, 0.1) is 0 Å². The number of anilines is 1. The van der Waals surface area contributed by atoms with E-state index in [1.807, 2.05) is 6.92 Å². The van der Waals surface area contributed by atoms with E-state index in [4.69, 9.17) is 4.74 Å². The molecule has 0 fully saturated rings. The number of methoxy groups -OCH3 is 1. The van der Waals surface area contributed by atoms with Crippen LogP contribution in [-0.4, -0.2) is 22.7 Å². The summed E-state index contributed by atoms with van der Waals surface area (Å²) in [5.74, 6) is -0.103. The average Bonchev–Trinajstić information content (AvgIpc) is 2.82. The molecule has 0 saturated heterocycles. The minimum atomic E-state index is -0.366. The van der Waals surface area contributed by atoms with E-state index in [0.29, 0.717) is 17.1 Å². The number of nitrogens with one attached hydrogen (secondary N) is 1. The number of nitrogens with zero attached hydrogens (tertiary/aromatic N) is 1. The molecular formula is C13H14N2O4S. The summed E-state index contributed by atoms with van der Waals surface area (Å²) in [5.41, 5.74) is 0.393. The van der Waals surface area contributed by atoms with Gasteiger partial charge in [0.25, 0.3) is 11.5 Å². The predicted molar refractivity (Wildman–Crippen MR) is 76.9 cm³/mol. The highest BCUT2D eigenvalue weighted by Crippen LogP contribution is 2.35. The van der Waals surface area contributed by atoms with Crippen molar-refractivity contribution in [3.05, 3.63) is 39.6 Å². The van der Waals surface area contributed by atoms with Crippen molar-refractivity contribution in [1.82, 2.24) is 4.57 Å². The molecule has 2 heterocycles. The van der Waals surface area contributed by atoms with Gasteiger partial charge in [0.15, 0.2) is 5.75 Å². The number of aryl methyl sites for hydroxylation is 1. The Labute approximate surface area is 119 Å². The normalized spacial score (nSPS) is 10.3. The Balaban J connectivity index is 2.20. The van der Waals surface area contributed by atoms with E-state index in [0.717, 1.165) is 11.3 Å². The number of thiophene rings is 1. The number of hydrogen-bond donors (Lipinski definition) is 2. The molecule has 0 saturated carbocycles. The number of aromatic hydroxyl groups is 1. The number of ether oxygens (including phenoxy) is 1. The number of carbonyl (C=O) groups excluding carboxylic acids is 1. The quantitative estimate of drug-likeness (QED) is 0.902. The van der Waals surface area contributed by atoms with Crippen molar-refractivity contribution in [3.63, 3.8) is 0 Å². The molecule has 20 heavy (non-hydrogen) atoms. The fourth-order valence-corrected chi connectivity index (χ4v) is 2.43. The molecule has 106 valence electrons. The second kappa shape index (κ2) is 5.79. The topological polar surface area (TPSA) is 80.6 Å². The van der Waals surface area contributed by atoms with Gasteiger partial charge in [-0.25, -0.2) is 0 Å². The molecule has 0 bridgehead atoms. The van der Waals surface area contributed by atoms with Crippen LogP contribution in [0.5, 0.6) is 10.8 Å². The fraction of sp³-hybridized carbons (Fsp3) is 0.231. The minimum absolute atomic E-state index is 0.0452. The van der Waals surface area contributed by atoms with Crippen LogP contribution in [0.4, 0.5) is 5.69 Å². The van der Waals surface area contributed by atoms with Crippen molar-refractivity contribution in [2.45, 2.75) is 13.5 Å². The van der Waals surface area contributed by atoms with Gasteiger partial charge < -0.3 is 19.7 Å². The van der Waals surface area contributed by atoms with Crippen molar-refractivity contribution in [2.24, 2.45) is 0 Å². The second-order valence-electron chi connectivity index (χ2n) is 3.98. The van der Waals surface area contributed by atoms with Gasteiger partial charge >= 0.3 is 0 Å². The number of carbonyl (C=O) groups is 1. The molecule has 0 spiro atoms. The molecule has 7 heteroatoms. The highest BCUT2D eigenvalue weighted by atomic mass is 32.1. The summed E-state index contributed by atoms with van der Waals surface area (Å²) in [5, 5.41) is 12.2. The highest BCUT2D eigenvalue weighted by molar-refractivity contribution is 7.16. The van der Waals surface area contributed by atoms with Gasteiger partial charge in [-0.1, -0.05) is 11.3 Å². The van der Waals surface area contributed by atoms with Crippen molar-refractivity contribution in [2.75, 3.05) is 12.4 Å². The summed E-state index contributed by atoms with van der Waals surface area (Å²) < 4.78 is 6.40. The lowest BCUT2D eigenvalue weighted by atomic mass is 10.3. The lowest BCUT2D eigenvalue weighted by Gasteiger charge is -2.06. The number of aromatic nitrogens is 1. The lowest BCUT2D eigenvalue weighted by molar-refractivity contribution is 0.103. The number of rotatable bonds is 4. The molecule has 0 aliphatic carbocycles. The highest BCUT2D eigenvalue weighted by Gasteiger charge is 2.15. The van der Waals surface area contributed by atoms with Gasteiger partial charge in [0, 0.05) is 24.9 Å². The van der Waals surface area contributed by atoms with E-state index in [-0.39, 0.29) is 22.3 Å². The Morgan fingerprint density at radius 2 is 2.25 bits per heavy atom. The number of pyridine rings is 1. The largest absolute Gasteiger partial charge is 0.497 e. The molecule has 0 radical (unpaired) electrons. The SMILES string of the molecule is CCn1cc(NC(=O)c2cc(OC)c(O)s2)ccc1=O. The predicted octanol–water partition coefficient (Wildman–Crippen LogP) is 1.90. The van der Waals surface area contributed by atoms with Crippen LogP contribution >= 0.6 is 11.3 Å². The minimum Gasteiger partial charge on any atom is -0.497 e. The maximum Gasteiger partial charge on any atom is 0.266 e. The molecule has 2 N–H and O–H groups in total. The fourth-order valence-electron chi connectivity index (χ4n) is 1.67. The van der Waals surface area contributed by atoms with Gasteiger partial charge in [-0.05, 0) is 13.0 Å². The zero-order valence-electron chi connectivity index (χ0n) is 11.0. The molecule has 0 atom stereocenters. The van der Waals surface area contributed by atoms with Crippen molar-refractivity contribution in [3.8, 4) is 10.8 Å². The van der Waals surface area contributed by atoms with Crippen LogP contribution in [0.15, 0.2) is 29.2 Å². The van der Waals surface area contributed by atoms with Crippen LogP contribution in [0.1, 0.15) is 16.6 Å². The molecule has 6 nitrogen and oxygen atoms in total. The molecule has 2 aromatic heterocycles. The first-order valence-electron chi connectivity index (χ1n) is 5.93. The maximum atomic E-state index is 12.0. The summed E-state index contributed by atoms with van der Waals surface area (Å²) in [6, 6.07) is 4.40. The summed E-state index contributed by atoms with van der Waals surface area (Å²) in [6.45, 7) is 2.37. The Morgan fingerprint density at radius 1 is 1.50 bits per heavy atom. The molecule has 0 aliphatic rings. The maximum absolute atomic E-state index is 12.0. The summed E-state index contributed by atoms with van der Waals surface area (Å²) in [7, 11) is 1.42. The van der Waals surface area contributed by atoms with E-state index < -0.39 is 0 Å². The van der Waals surface area contributed by atoms with Crippen molar-refractivity contribution in [1.29, 1.82) is 0 Å². The Morgan fingerprint density at radius 3 is 2.85 bits per heavy atom. The monoisotopic (exact) mass is 294 g/mol. The number of hydrogen-bond acceptors (Lipinski definition) is 5. The van der Waals surface area contributed by atoms with Gasteiger partial charge in [0.1, 0.15) is 0 Å². The first-order chi connectivity index (χ1) is 9.55. The lowest BCUT2D eigenvalue weighted by Crippen LogP contribution is -2.19. The summed E-state index contributed by atoms with van der Waals surface area (Å²) in [4.78, 5) is 23.8. The zero-order valence-corrected chi connectivity index (χ0v) is 11.9. The van der Waals surface area contributed by atoms with Gasteiger partial charge in [-0.2, -0.15) is 0 Å². The average molecular weight is 294 g/mol. The van der Waals surface area contributed by atoms with Gasteiger partial charge in [-0.15, -0.1) is 0 Å². The smallest absolute Gasteiger partial charge is 0.266 e. The van der Waals surface area contributed by atoms with Gasteiger partial charge in [0.05, 0.1) is 17.7 Å². The Bertz CT molecular complexity index is 690. The summed E-state index contributed by atoms with van der Waals surface area (Å²) in [6.07, 6.45) is 1.57. The summed E-state index contributed by atoms with van der Waals surface area (Å²) >= 11 is 0.929. The van der Waals surface area contributed by atoms with Crippen LogP contribution in [0.2, 0.25) is 0 Å². The number of amides is 1. The van der Waals surface area contributed by atoms with Crippen LogP contribution in [0.3, 0.4) is 0 Å². The van der Waals surface area contributed by atoms with Crippen molar-refractivity contribution >= 4 is 22.9 Å². The molecular weight excluding hydrogens is 280 g/mol. The van der Waals surface area contributed by atoms with Crippen LogP contribution in [0.25, 0.3) is 0 Å².